The van der Waals surface area contributed by atoms with Gasteiger partial charge >= 0.3 is 0 Å². The molecule has 5 nitrogen and oxygen atoms in total. The molecule has 2 heterocycles. The highest BCUT2D eigenvalue weighted by molar-refractivity contribution is 5.96. The topological polar surface area (TPSA) is 58.1 Å². The Bertz CT molecular complexity index is 911. The van der Waals surface area contributed by atoms with Crippen molar-refractivity contribution in [3.63, 3.8) is 0 Å². The van der Waals surface area contributed by atoms with Crippen LogP contribution in [0.1, 0.15) is 36.0 Å². The van der Waals surface area contributed by atoms with Gasteiger partial charge in [0.05, 0.1) is 5.52 Å². The van der Waals surface area contributed by atoms with Crippen LogP contribution < -0.4 is 5.32 Å². The van der Waals surface area contributed by atoms with Gasteiger partial charge in [0.1, 0.15) is 12.1 Å². The number of carbonyl (C=O) groups is 1. The summed E-state index contributed by atoms with van der Waals surface area (Å²) in [5.74, 6) is 0.859. The van der Waals surface area contributed by atoms with Gasteiger partial charge in [-0.3, -0.25) is 4.79 Å². The van der Waals surface area contributed by atoms with E-state index in [0.717, 1.165) is 53.9 Å². The Labute approximate surface area is 153 Å². The van der Waals surface area contributed by atoms with Crippen LogP contribution in [0.3, 0.4) is 0 Å². The highest BCUT2D eigenvalue weighted by Crippen LogP contribution is 2.24. The van der Waals surface area contributed by atoms with E-state index in [-0.39, 0.29) is 5.91 Å². The maximum atomic E-state index is 12.8. The summed E-state index contributed by atoms with van der Waals surface area (Å²) in [7, 11) is 0. The molecule has 4 rings (SSSR count). The predicted molar refractivity (Wildman–Crippen MR) is 104 cm³/mol. The molecule has 3 aromatic rings. The maximum absolute atomic E-state index is 12.8. The fourth-order valence-corrected chi connectivity index (χ4v) is 3.43. The summed E-state index contributed by atoms with van der Waals surface area (Å²) in [5, 5.41) is 4.29. The molecule has 0 bridgehead atoms. The van der Waals surface area contributed by atoms with E-state index in [4.69, 9.17) is 0 Å². The first kappa shape index (κ1) is 16.5. The van der Waals surface area contributed by atoms with Crippen LogP contribution in [0.25, 0.3) is 10.9 Å². The SMILES string of the molecule is O=C(c1cccc(Nc2ncnc3ccccc23)c1)N1CCCCCC1. The number of nitrogens with one attached hydrogen (secondary N) is 1. The van der Waals surface area contributed by atoms with Gasteiger partial charge in [0.2, 0.25) is 0 Å². The van der Waals surface area contributed by atoms with Crippen LogP contribution in [0, 0.1) is 0 Å². The van der Waals surface area contributed by atoms with E-state index in [2.05, 4.69) is 15.3 Å². The molecule has 0 radical (unpaired) electrons. The zero-order chi connectivity index (χ0) is 17.8. The van der Waals surface area contributed by atoms with Gasteiger partial charge in [-0.25, -0.2) is 9.97 Å². The average molecular weight is 346 g/mol. The first-order valence-electron chi connectivity index (χ1n) is 9.17. The number of para-hydroxylation sites is 1. The minimum absolute atomic E-state index is 0.114. The lowest BCUT2D eigenvalue weighted by Gasteiger charge is -2.20. The fourth-order valence-electron chi connectivity index (χ4n) is 3.43. The van der Waals surface area contributed by atoms with Crippen LogP contribution in [0.4, 0.5) is 11.5 Å². The van der Waals surface area contributed by atoms with E-state index in [0.29, 0.717) is 0 Å². The average Bonchev–Trinajstić information content (AvgIpc) is 2.97. The van der Waals surface area contributed by atoms with Crippen molar-refractivity contribution < 1.29 is 4.79 Å². The Morgan fingerprint density at radius 3 is 2.58 bits per heavy atom. The predicted octanol–water partition coefficient (Wildman–Crippen LogP) is 4.39. The number of hydrogen-bond acceptors (Lipinski definition) is 4. The third kappa shape index (κ3) is 3.52. The lowest BCUT2D eigenvalue weighted by molar-refractivity contribution is 0.0761. The highest BCUT2D eigenvalue weighted by atomic mass is 16.2. The number of fused-ring (bicyclic) bond motifs is 1. The van der Waals surface area contributed by atoms with Gasteiger partial charge in [-0.1, -0.05) is 31.0 Å². The minimum Gasteiger partial charge on any atom is -0.340 e. The molecule has 1 fully saturated rings. The van der Waals surface area contributed by atoms with E-state index in [1.807, 2.05) is 53.4 Å². The molecule has 1 amide bonds. The molecule has 0 atom stereocenters. The number of amides is 1. The largest absolute Gasteiger partial charge is 0.340 e. The molecule has 0 aliphatic carbocycles. The van der Waals surface area contributed by atoms with Gasteiger partial charge in [-0.15, -0.1) is 0 Å². The Balaban J connectivity index is 1.58. The second-order valence-corrected chi connectivity index (χ2v) is 6.65. The Morgan fingerprint density at radius 1 is 0.923 bits per heavy atom. The summed E-state index contributed by atoms with van der Waals surface area (Å²) in [6.45, 7) is 1.71. The number of carbonyl (C=O) groups excluding carboxylic acids is 1. The molecule has 0 unspecified atom stereocenters. The quantitative estimate of drug-likeness (QED) is 0.764. The van der Waals surface area contributed by atoms with Crippen LogP contribution in [-0.4, -0.2) is 33.9 Å². The fraction of sp³-hybridized carbons (Fsp3) is 0.286. The summed E-state index contributed by atoms with van der Waals surface area (Å²) >= 11 is 0. The number of benzene rings is 2. The third-order valence-corrected chi connectivity index (χ3v) is 4.81. The van der Waals surface area contributed by atoms with E-state index >= 15 is 0 Å². The van der Waals surface area contributed by atoms with Gasteiger partial charge in [0.25, 0.3) is 5.91 Å². The summed E-state index contributed by atoms with van der Waals surface area (Å²) in [4.78, 5) is 23.5. The minimum atomic E-state index is 0.114. The van der Waals surface area contributed by atoms with Gasteiger partial charge in [0.15, 0.2) is 0 Å². The lowest BCUT2D eigenvalue weighted by Crippen LogP contribution is -2.31. The van der Waals surface area contributed by atoms with Crippen LogP contribution in [-0.2, 0) is 0 Å². The molecule has 0 spiro atoms. The number of aromatic nitrogens is 2. The molecule has 1 N–H and O–H groups in total. The summed E-state index contributed by atoms with van der Waals surface area (Å²) in [6.07, 6.45) is 6.17. The standard InChI is InChI=1S/C21H22N4O/c26-21(25-12-5-1-2-6-13-25)16-8-7-9-17(14-16)24-20-18-10-3-4-11-19(18)22-15-23-20/h3-4,7-11,14-15H,1-2,5-6,12-13H2,(H,22,23,24). The summed E-state index contributed by atoms with van der Waals surface area (Å²) < 4.78 is 0. The van der Waals surface area contributed by atoms with Crippen LogP contribution in [0.2, 0.25) is 0 Å². The first-order chi connectivity index (χ1) is 12.8. The van der Waals surface area contributed by atoms with Gasteiger partial charge in [-0.05, 0) is 43.2 Å². The van der Waals surface area contributed by atoms with Crippen molar-refractivity contribution >= 4 is 28.3 Å². The maximum Gasteiger partial charge on any atom is 0.253 e. The Kier molecular flexibility index (Phi) is 4.78. The van der Waals surface area contributed by atoms with Crippen molar-refractivity contribution in [3.05, 3.63) is 60.4 Å². The Hall–Kier alpha value is -2.95. The zero-order valence-electron chi connectivity index (χ0n) is 14.7. The lowest BCUT2D eigenvalue weighted by atomic mass is 10.1. The number of likely N-dealkylation sites (tertiary alicyclic amines) is 1. The number of rotatable bonds is 3. The molecule has 1 saturated heterocycles. The van der Waals surface area contributed by atoms with E-state index in [1.165, 1.54) is 12.8 Å². The summed E-state index contributed by atoms with van der Waals surface area (Å²) in [6, 6.07) is 15.5. The van der Waals surface area contributed by atoms with Crippen molar-refractivity contribution in [2.24, 2.45) is 0 Å². The molecule has 5 heteroatoms. The molecule has 2 aromatic carbocycles. The molecule has 132 valence electrons. The van der Waals surface area contributed by atoms with Crippen LogP contribution >= 0.6 is 0 Å². The van der Waals surface area contributed by atoms with Gasteiger partial charge < -0.3 is 10.2 Å². The van der Waals surface area contributed by atoms with Crippen molar-refractivity contribution in [1.29, 1.82) is 0 Å². The van der Waals surface area contributed by atoms with Crippen molar-refractivity contribution in [1.82, 2.24) is 14.9 Å². The van der Waals surface area contributed by atoms with E-state index < -0.39 is 0 Å². The molecule has 26 heavy (non-hydrogen) atoms. The van der Waals surface area contributed by atoms with Crippen LogP contribution in [0.15, 0.2) is 54.9 Å². The second-order valence-electron chi connectivity index (χ2n) is 6.65. The zero-order valence-corrected chi connectivity index (χ0v) is 14.7. The molecular formula is C21H22N4O. The van der Waals surface area contributed by atoms with Crippen molar-refractivity contribution in [2.45, 2.75) is 25.7 Å². The third-order valence-electron chi connectivity index (χ3n) is 4.81. The van der Waals surface area contributed by atoms with Crippen molar-refractivity contribution in [3.8, 4) is 0 Å². The monoisotopic (exact) mass is 346 g/mol. The van der Waals surface area contributed by atoms with E-state index in [1.54, 1.807) is 6.33 Å². The second kappa shape index (κ2) is 7.52. The molecule has 0 saturated carbocycles. The van der Waals surface area contributed by atoms with Gasteiger partial charge in [-0.2, -0.15) is 0 Å². The summed E-state index contributed by atoms with van der Waals surface area (Å²) in [5.41, 5.74) is 2.46. The number of nitrogens with zero attached hydrogens (tertiary/aromatic N) is 3. The van der Waals surface area contributed by atoms with Gasteiger partial charge in [0, 0.05) is 29.7 Å². The molecule has 1 aliphatic heterocycles. The number of hydrogen-bond donors (Lipinski definition) is 1. The number of anilines is 2. The molecule has 1 aliphatic rings. The molecular weight excluding hydrogens is 324 g/mol. The van der Waals surface area contributed by atoms with Crippen molar-refractivity contribution in [2.75, 3.05) is 18.4 Å². The first-order valence-corrected chi connectivity index (χ1v) is 9.17. The normalized spacial score (nSPS) is 14.8. The van der Waals surface area contributed by atoms with E-state index in [9.17, 15) is 4.79 Å². The highest BCUT2D eigenvalue weighted by Gasteiger charge is 2.17. The smallest absolute Gasteiger partial charge is 0.253 e. The van der Waals surface area contributed by atoms with Crippen LogP contribution in [0.5, 0.6) is 0 Å². The Morgan fingerprint density at radius 2 is 1.73 bits per heavy atom. The molecule has 1 aromatic heterocycles.